The summed E-state index contributed by atoms with van der Waals surface area (Å²) in [5, 5.41) is 12.8. The second-order valence-corrected chi connectivity index (χ2v) is 5.59. The molecule has 3 rings (SSSR count). The predicted octanol–water partition coefficient (Wildman–Crippen LogP) is 3.02. The highest BCUT2D eigenvalue weighted by atomic mass is 16.5. The number of allylic oxidation sites excluding steroid dienone is 1. The third-order valence-corrected chi connectivity index (χ3v) is 4.02. The summed E-state index contributed by atoms with van der Waals surface area (Å²) in [6.07, 6.45) is 4.70. The van der Waals surface area contributed by atoms with Crippen LogP contribution in [-0.2, 0) is 11.5 Å². The van der Waals surface area contributed by atoms with E-state index in [2.05, 4.69) is 26.3 Å². The number of fused-ring (bicyclic) bond motifs is 1. The SMILES string of the molecule is COCn1cnc2c(/C(C#N)=C/Nc3cccc(C)c3C)ncnc21. The Morgan fingerprint density at radius 2 is 2.16 bits per heavy atom. The van der Waals surface area contributed by atoms with E-state index in [9.17, 15) is 5.26 Å². The molecule has 0 atom stereocenters. The van der Waals surface area contributed by atoms with Crippen LogP contribution in [0.15, 0.2) is 37.1 Å². The number of nitriles is 1. The summed E-state index contributed by atoms with van der Waals surface area (Å²) < 4.78 is 6.88. The highest BCUT2D eigenvalue weighted by Gasteiger charge is 2.13. The fourth-order valence-electron chi connectivity index (χ4n) is 2.52. The van der Waals surface area contributed by atoms with Gasteiger partial charge in [-0.25, -0.2) is 15.0 Å². The van der Waals surface area contributed by atoms with Crippen LogP contribution in [0.25, 0.3) is 16.7 Å². The van der Waals surface area contributed by atoms with Crippen LogP contribution >= 0.6 is 0 Å². The third kappa shape index (κ3) is 3.20. The molecule has 0 saturated carbocycles. The van der Waals surface area contributed by atoms with Crippen LogP contribution in [0.4, 0.5) is 5.69 Å². The zero-order valence-corrected chi connectivity index (χ0v) is 14.3. The first-order valence-electron chi connectivity index (χ1n) is 7.74. The number of aromatic nitrogens is 4. The van der Waals surface area contributed by atoms with Gasteiger partial charge in [0, 0.05) is 19.0 Å². The van der Waals surface area contributed by atoms with Crippen LogP contribution < -0.4 is 5.32 Å². The van der Waals surface area contributed by atoms with Crippen molar-refractivity contribution in [2.75, 3.05) is 12.4 Å². The fraction of sp³-hybridized carbons (Fsp3) is 0.222. The molecule has 0 unspecified atom stereocenters. The Morgan fingerprint density at radius 3 is 2.92 bits per heavy atom. The van der Waals surface area contributed by atoms with Crippen molar-refractivity contribution in [3.05, 3.63) is 53.9 Å². The minimum Gasteiger partial charge on any atom is -0.364 e. The minimum atomic E-state index is 0.333. The number of benzene rings is 1. The molecule has 126 valence electrons. The maximum atomic E-state index is 9.57. The van der Waals surface area contributed by atoms with Gasteiger partial charge in [0.25, 0.3) is 0 Å². The van der Waals surface area contributed by atoms with E-state index in [1.165, 1.54) is 11.9 Å². The van der Waals surface area contributed by atoms with Gasteiger partial charge in [-0.1, -0.05) is 12.1 Å². The molecule has 0 spiro atoms. The second kappa shape index (κ2) is 7.11. The molecule has 0 bridgehead atoms. The molecular formula is C18H18N6O. The molecule has 7 heteroatoms. The molecule has 25 heavy (non-hydrogen) atoms. The van der Waals surface area contributed by atoms with E-state index in [-0.39, 0.29) is 0 Å². The highest BCUT2D eigenvalue weighted by molar-refractivity contribution is 5.90. The van der Waals surface area contributed by atoms with Crippen molar-refractivity contribution in [2.24, 2.45) is 0 Å². The van der Waals surface area contributed by atoms with E-state index in [0.29, 0.717) is 29.2 Å². The average Bonchev–Trinajstić information content (AvgIpc) is 3.03. The maximum Gasteiger partial charge on any atom is 0.165 e. The number of anilines is 1. The lowest BCUT2D eigenvalue weighted by Gasteiger charge is -2.08. The standard InChI is InChI=1S/C18H18N6O/c1-12-5-4-6-15(13(12)2)20-8-14(7-19)16-17-18(22-9-21-16)24(10-23-17)11-25-3/h4-6,8-10,20H,11H2,1-3H3/b14-8+. The number of methoxy groups -OCH3 is 1. The van der Waals surface area contributed by atoms with Crippen molar-refractivity contribution in [3.8, 4) is 6.07 Å². The first-order chi connectivity index (χ1) is 12.2. The van der Waals surface area contributed by atoms with Crippen molar-refractivity contribution in [1.29, 1.82) is 5.26 Å². The van der Waals surface area contributed by atoms with Crippen molar-refractivity contribution >= 4 is 22.4 Å². The van der Waals surface area contributed by atoms with E-state index < -0.39 is 0 Å². The largest absolute Gasteiger partial charge is 0.364 e. The van der Waals surface area contributed by atoms with E-state index in [0.717, 1.165) is 11.3 Å². The van der Waals surface area contributed by atoms with Crippen LogP contribution in [0, 0.1) is 25.2 Å². The summed E-state index contributed by atoms with van der Waals surface area (Å²) in [6.45, 7) is 4.41. The molecule has 7 nitrogen and oxygen atoms in total. The number of hydrogen-bond donors (Lipinski definition) is 1. The lowest BCUT2D eigenvalue weighted by Crippen LogP contribution is -2.01. The number of rotatable bonds is 5. The molecule has 0 saturated heterocycles. The van der Waals surface area contributed by atoms with Gasteiger partial charge in [0.1, 0.15) is 30.3 Å². The van der Waals surface area contributed by atoms with Crippen molar-refractivity contribution in [1.82, 2.24) is 19.5 Å². The van der Waals surface area contributed by atoms with Crippen molar-refractivity contribution in [2.45, 2.75) is 20.6 Å². The lowest BCUT2D eigenvalue weighted by atomic mass is 10.1. The number of nitrogens with one attached hydrogen (secondary N) is 1. The monoisotopic (exact) mass is 334 g/mol. The molecule has 0 aliphatic rings. The molecule has 2 aromatic heterocycles. The number of imidazole rings is 1. The van der Waals surface area contributed by atoms with Crippen LogP contribution in [0.2, 0.25) is 0 Å². The molecule has 1 aromatic carbocycles. The van der Waals surface area contributed by atoms with Gasteiger partial charge in [0.05, 0.1) is 11.9 Å². The Bertz CT molecular complexity index is 983. The summed E-state index contributed by atoms with van der Waals surface area (Å²) in [5.74, 6) is 0. The topological polar surface area (TPSA) is 88.7 Å². The van der Waals surface area contributed by atoms with Crippen LogP contribution in [0.5, 0.6) is 0 Å². The molecule has 0 amide bonds. The van der Waals surface area contributed by atoms with E-state index >= 15 is 0 Å². The second-order valence-electron chi connectivity index (χ2n) is 5.59. The summed E-state index contributed by atoms with van der Waals surface area (Å²) in [7, 11) is 1.60. The van der Waals surface area contributed by atoms with Crippen LogP contribution in [-0.4, -0.2) is 26.6 Å². The van der Waals surface area contributed by atoms with E-state index in [1.807, 2.05) is 32.0 Å². The average molecular weight is 334 g/mol. The molecule has 3 aromatic rings. The van der Waals surface area contributed by atoms with Gasteiger partial charge in [0.2, 0.25) is 0 Å². The van der Waals surface area contributed by atoms with Gasteiger partial charge in [-0.15, -0.1) is 0 Å². The van der Waals surface area contributed by atoms with Crippen molar-refractivity contribution in [3.63, 3.8) is 0 Å². The zero-order chi connectivity index (χ0) is 17.8. The van der Waals surface area contributed by atoms with E-state index in [1.54, 1.807) is 24.2 Å². The number of aryl methyl sites for hydroxylation is 1. The summed E-state index contributed by atoms with van der Waals surface area (Å²) in [6, 6.07) is 8.17. The number of nitrogens with zero attached hydrogens (tertiary/aromatic N) is 5. The van der Waals surface area contributed by atoms with E-state index in [4.69, 9.17) is 4.74 Å². The van der Waals surface area contributed by atoms with Gasteiger partial charge in [-0.2, -0.15) is 5.26 Å². The number of ether oxygens (including phenoxy) is 1. The summed E-state index contributed by atoms with van der Waals surface area (Å²) >= 11 is 0. The minimum absolute atomic E-state index is 0.333. The van der Waals surface area contributed by atoms with Gasteiger partial charge >= 0.3 is 0 Å². The normalized spacial score (nSPS) is 11.5. The maximum absolute atomic E-state index is 9.57. The first-order valence-corrected chi connectivity index (χ1v) is 7.74. The predicted molar refractivity (Wildman–Crippen MR) is 95.5 cm³/mol. The Kier molecular flexibility index (Phi) is 4.73. The van der Waals surface area contributed by atoms with Crippen molar-refractivity contribution < 1.29 is 4.74 Å². The zero-order valence-electron chi connectivity index (χ0n) is 14.3. The molecule has 0 aliphatic heterocycles. The third-order valence-electron chi connectivity index (χ3n) is 4.02. The van der Waals surface area contributed by atoms with Gasteiger partial charge in [-0.3, -0.25) is 4.57 Å². The Hall–Kier alpha value is -3.24. The quantitative estimate of drug-likeness (QED) is 0.722. The van der Waals surface area contributed by atoms with Gasteiger partial charge in [0.15, 0.2) is 5.65 Å². The Balaban J connectivity index is 2.00. The molecule has 0 fully saturated rings. The Labute approximate surface area is 145 Å². The highest BCUT2D eigenvalue weighted by Crippen LogP contribution is 2.22. The summed E-state index contributed by atoms with van der Waals surface area (Å²) in [5.41, 5.74) is 5.32. The van der Waals surface area contributed by atoms with Crippen LogP contribution in [0.1, 0.15) is 16.8 Å². The summed E-state index contributed by atoms with van der Waals surface area (Å²) in [4.78, 5) is 12.8. The fourth-order valence-corrected chi connectivity index (χ4v) is 2.52. The number of hydrogen-bond acceptors (Lipinski definition) is 6. The van der Waals surface area contributed by atoms with Gasteiger partial charge < -0.3 is 10.1 Å². The molecule has 1 N–H and O–H groups in total. The molecule has 2 heterocycles. The van der Waals surface area contributed by atoms with Gasteiger partial charge in [-0.05, 0) is 31.0 Å². The molecule has 0 aliphatic carbocycles. The van der Waals surface area contributed by atoms with Crippen LogP contribution in [0.3, 0.4) is 0 Å². The molecule has 0 radical (unpaired) electrons. The first kappa shape index (κ1) is 16.6. The molecular weight excluding hydrogens is 316 g/mol. The lowest BCUT2D eigenvalue weighted by molar-refractivity contribution is 0.134. The Morgan fingerprint density at radius 1 is 1.32 bits per heavy atom. The smallest absolute Gasteiger partial charge is 0.165 e.